The Morgan fingerprint density at radius 3 is 3.05 bits per heavy atom. The molecule has 21 heavy (non-hydrogen) atoms. The molecule has 1 aromatic carbocycles. The lowest BCUT2D eigenvalue weighted by Gasteiger charge is -2.07. The van der Waals surface area contributed by atoms with Gasteiger partial charge >= 0.3 is 5.97 Å². The number of hydrogen-bond donors (Lipinski definition) is 0. The van der Waals surface area contributed by atoms with Crippen LogP contribution in [0.15, 0.2) is 18.2 Å². The molecule has 1 heterocycles. The number of halogens is 1. The molecule has 2 aromatic rings. The van der Waals surface area contributed by atoms with Crippen LogP contribution in [0.3, 0.4) is 0 Å². The molecular formula is C16H16FNO2S. The molecule has 0 spiro atoms. The van der Waals surface area contributed by atoms with E-state index < -0.39 is 0 Å². The molecule has 3 rings (SSSR count). The molecule has 0 aliphatic heterocycles. The molecule has 0 N–H and O–H groups in total. The zero-order chi connectivity index (χ0) is 15.0. The summed E-state index contributed by atoms with van der Waals surface area (Å²) in [6.07, 6.45) is 1.60. The predicted octanol–water partition coefficient (Wildman–Crippen LogP) is 3.85. The average molecular weight is 305 g/mol. The molecule has 1 aromatic heterocycles. The number of nitrogens with zero attached hydrogens (tertiary/aromatic N) is 1. The molecule has 5 heteroatoms. The quantitative estimate of drug-likeness (QED) is 0.809. The van der Waals surface area contributed by atoms with Crippen LogP contribution in [0.2, 0.25) is 0 Å². The minimum Gasteiger partial charge on any atom is -0.465 e. The van der Waals surface area contributed by atoms with Crippen molar-refractivity contribution >= 4 is 17.3 Å². The van der Waals surface area contributed by atoms with Gasteiger partial charge in [-0.3, -0.25) is 4.79 Å². The first kappa shape index (κ1) is 14.2. The Morgan fingerprint density at radius 1 is 1.52 bits per heavy atom. The van der Waals surface area contributed by atoms with Gasteiger partial charge in [-0.2, -0.15) is 0 Å². The fourth-order valence-electron chi connectivity index (χ4n) is 2.55. The Kier molecular flexibility index (Phi) is 3.76. The van der Waals surface area contributed by atoms with Crippen LogP contribution in [0.25, 0.3) is 10.6 Å². The van der Waals surface area contributed by atoms with Crippen molar-refractivity contribution in [2.24, 2.45) is 0 Å². The first-order chi connectivity index (χ1) is 10.1. The fourth-order valence-corrected chi connectivity index (χ4v) is 3.68. The Balaban J connectivity index is 1.92. The molecule has 1 atom stereocenters. The first-order valence-corrected chi connectivity index (χ1v) is 7.84. The van der Waals surface area contributed by atoms with Gasteiger partial charge in [0.1, 0.15) is 16.7 Å². The highest BCUT2D eigenvalue weighted by Crippen LogP contribution is 2.40. The van der Waals surface area contributed by atoms with Gasteiger partial charge in [0.15, 0.2) is 0 Å². The molecule has 1 aliphatic carbocycles. The van der Waals surface area contributed by atoms with Gasteiger partial charge in [0.25, 0.3) is 0 Å². The number of ether oxygens (including phenoxy) is 1. The van der Waals surface area contributed by atoms with Crippen LogP contribution in [-0.2, 0) is 16.0 Å². The van der Waals surface area contributed by atoms with Crippen LogP contribution in [0, 0.1) is 12.7 Å². The molecule has 0 bridgehead atoms. The van der Waals surface area contributed by atoms with E-state index in [4.69, 9.17) is 4.74 Å². The van der Waals surface area contributed by atoms with E-state index in [0.29, 0.717) is 12.2 Å². The van der Waals surface area contributed by atoms with E-state index in [0.717, 1.165) is 34.0 Å². The molecule has 0 saturated carbocycles. The Bertz CT molecular complexity index is 696. The molecule has 0 amide bonds. The number of carbonyl (C=O) groups excluding carboxylic acids is 1. The lowest BCUT2D eigenvalue weighted by molar-refractivity contribution is -0.145. The van der Waals surface area contributed by atoms with E-state index in [1.54, 1.807) is 31.3 Å². The summed E-state index contributed by atoms with van der Waals surface area (Å²) in [6, 6.07) is 5.12. The maximum absolute atomic E-state index is 13.7. The fraction of sp³-hybridized carbons (Fsp3) is 0.375. The minimum atomic E-state index is -0.264. The lowest BCUT2D eigenvalue weighted by Crippen LogP contribution is -2.14. The Hall–Kier alpha value is -1.75. The third-order valence-electron chi connectivity index (χ3n) is 3.71. The van der Waals surface area contributed by atoms with Gasteiger partial charge in [-0.15, -0.1) is 11.3 Å². The maximum atomic E-state index is 13.7. The van der Waals surface area contributed by atoms with Crippen molar-refractivity contribution in [3.05, 3.63) is 40.2 Å². The number of rotatable bonds is 3. The zero-order valence-electron chi connectivity index (χ0n) is 12.0. The summed E-state index contributed by atoms with van der Waals surface area (Å²) in [7, 11) is 0. The average Bonchev–Trinajstić information content (AvgIpc) is 3.01. The first-order valence-electron chi connectivity index (χ1n) is 7.03. The predicted molar refractivity (Wildman–Crippen MR) is 79.9 cm³/mol. The van der Waals surface area contributed by atoms with Crippen LogP contribution in [0.1, 0.15) is 35.4 Å². The van der Waals surface area contributed by atoms with Crippen LogP contribution >= 0.6 is 11.3 Å². The number of fused-ring (bicyclic) bond motifs is 1. The van der Waals surface area contributed by atoms with Crippen molar-refractivity contribution in [3.63, 3.8) is 0 Å². The van der Waals surface area contributed by atoms with Crippen molar-refractivity contribution in [1.29, 1.82) is 0 Å². The van der Waals surface area contributed by atoms with Crippen LogP contribution in [0.5, 0.6) is 0 Å². The lowest BCUT2D eigenvalue weighted by atomic mass is 10.1. The van der Waals surface area contributed by atoms with Gasteiger partial charge in [0, 0.05) is 10.4 Å². The molecule has 1 unspecified atom stereocenters. The highest BCUT2D eigenvalue weighted by Gasteiger charge is 2.33. The number of benzene rings is 1. The van der Waals surface area contributed by atoms with Crippen molar-refractivity contribution in [2.45, 2.75) is 32.6 Å². The van der Waals surface area contributed by atoms with Crippen molar-refractivity contribution in [2.75, 3.05) is 6.61 Å². The van der Waals surface area contributed by atoms with Crippen molar-refractivity contribution in [1.82, 2.24) is 4.98 Å². The van der Waals surface area contributed by atoms with E-state index in [9.17, 15) is 9.18 Å². The molecule has 0 fully saturated rings. The number of aromatic nitrogens is 1. The third-order valence-corrected chi connectivity index (χ3v) is 4.89. The summed E-state index contributed by atoms with van der Waals surface area (Å²) in [5.41, 5.74) is 2.20. The standard InChI is InChI=1S/C16H16FNO2S/c1-3-20-16(19)11-6-7-13-14(11)18-15(21-13)10-5-4-9(2)12(17)8-10/h4-5,8,11H,3,6-7H2,1-2H3. The number of esters is 1. The molecule has 0 radical (unpaired) electrons. The maximum Gasteiger partial charge on any atom is 0.315 e. The topological polar surface area (TPSA) is 39.2 Å². The molecule has 110 valence electrons. The van der Waals surface area contributed by atoms with Gasteiger partial charge < -0.3 is 4.74 Å². The number of aryl methyl sites for hydroxylation is 2. The number of hydrogen-bond acceptors (Lipinski definition) is 4. The third kappa shape index (κ3) is 2.58. The van der Waals surface area contributed by atoms with Crippen LogP contribution in [-0.4, -0.2) is 17.6 Å². The van der Waals surface area contributed by atoms with Gasteiger partial charge in [-0.05, 0) is 38.3 Å². The summed E-state index contributed by atoms with van der Waals surface area (Å²) in [4.78, 5) is 17.6. The van der Waals surface area contributed by atoms with Gasteiger partial charge in [0.2, 0.25) is 0 Å². The normalized spacial score (nSPS) is 16.8. The van der Waals surface area contributed by atoms with E-state index in [1.807, 2.05) is 6.07 Å². The monoisotopic (exact) mass is 305 g/mol. The second kappa shape index (κ2) is 5.56. The van der Waals surface area contributed by atoms with Crippen molar-refractivity contribution < 1.29 is 13.9 Å². The van der Waals surface area contributed by atoms with E-state index >= 15 is 0 Å². The summed E-state index contributed by atoms with van der Waals surface area (Å²) in [6.45, 7) is 3.91. The minimum absolute atomic E-state index is 0.205. The smallest absolute Gasteiger partial charge is 0.315 e. The Morgan fingerprint density at radius 2 is 2.33 bits per heavy atom. The second-order valence-corrected chi connectivity index (χ2v) is 6.22. The highest BCUT2D eigenvalue weighted by atomic mass is 32.1. The van der Waals surface area contributed by atoms with Gasteiger partial charge in [-0.1, -0.05) is 12.1 Å². The highest BCUT2D eigenvalue weighted by molar-refractivity contribution is 7.15. The molecular weight excluding hydrogens is 289 g/mol. The zero-order valence-corrected chi connectivity index (χ0v) is 12.8. The molecule has 3 nitrogen and oxygen atoms in total. The SMILES string of the molecule is CCOC(=O)C1CCc2sc(-c3ccc(C)c(F)c3)nc21. The summed E-state index contributed by atoms with van der Waals surface area (Å²) in [5.74, 6) is -0.701. The van der Waals surface area contributed by atoms with Crippen LogP contribution in [0.4, 0.5) is 4.39 Å². The number of carbonyl (C=O) groups is 1. The van der Waals surface area contributed by atoms with E-state index in [1.165, 1.54) is 6.07 Å². The summed E-state index contributed by atoms with van der Waals surface area (Å²) in [5, 5.41) is 0.771. The summed E-state index contributed by atoms with van der Waals surface area (Å²) >= 11 is 1.54. The van der Waals surface area contributed by atoms with E-state index in [-0.39, 0.29) is 17.7 Å². The Labute approximate surface area is 126 Å². The molecule has 1 aliphatic rings. The van der Waals surface area contributed by atoms with Crippen molar-refractivity contribution in [3.8, 4) is 10.6 Å². The summed E-state index contributed by atoms with van der Waals surface area (Å²) < 4.78 is 18.8. The second-order valence-electron chi connectivity index (χ2n) is 5.13. The van der Waals surface area contributed by atoms with Crippen LogP contribution < -0.4 is 0 Å². The van der Waals surface area contributed by atoms with Gasteiger partial charge in [0.05, 0.1) is 12.3 Å². The molecule has 0 saturated heterocycles. The van der Waals surface area contributed by atoms with E-state index in [2.05, 4.69) is 4.98 Å². The largest absolute Gasteiger partial charge is 0.465 e. The number of thiazole rings is 1. The van der Waals surface area contributed by atoms with Gasteiger partial charge in [-0.25, -0.2) is 9.37 Å².